The summed E-state index contributed by atoms with van der Waals surface area (Å²) < 4.78 is 0. The second-order valence-corrected chi connectivity index (χ2v) is 7.65. The van der Waals surface area contributed by atoms with Crippen molar-refractivity contribution in [3.05, 3.63) is 82.2 Å². The van der Waals surface area contributed by atoms with Gasteiger partial charge in [-0.2, -0.15) is 0 Å². The monoisotopic (exact) mass is 409 g/mol. The van der Waals surface area contributed by atoms with Gasteiger partial charge in [-0.15, -0.1) is 6.42 Å². The number of hydrogen-bond donors (Lipinski definition) is 2. The molecular weight excluding hydrogens is 386 g/mol. The van der Waals surface area contributed by atoms with E-state index in [0.29, 0.717) is 16.8 Å². The summed E-state index contributed by atoms with van der Waals surface area (Å²) in [5.74, 6) is 2.00. The van der Waals surface area contributed by atoms with Crippen molar-refractivity contribution in [2.75, 3.05) is 11.4 Å². The maximum atomic E-state index is 13.6. The maximum absolute atomic E-state index is 13.6. The van der Waals surface area contributed by atoms with Crippen LogP contribution in [0.4, 0.5) is 11.4 Å². The van der Waals surface area contributed by atoms with Crippen LogP contribution in [0.5, 0.6) is 0 Å². The fourth-order valence-electron chi connectivity index (χ4n) is 3.90. The molecule has 0 fully saturated rings. The molecule has 2 aromatic carbocycles. The van der Waals surface area contributed by atoms with Gasteiger partial charge in [0.1, 0.15) is 0 Å². The number of nitrogens with one attached hydrogen (secondary N) is 2. The van der Waals surface area contributed by atoms with Gasteiger partial charge in [-0.05, 0) is 62.2 Å². The highest BCUT2D eigenvalue weighted by Crippen LogP contribution is 2.43. The zero-order valence-electron chi connectivity index (χ0n) is 17.7. The number of amides is 2. The van der Waals surface area contributed by atoms with Crippen LogP contribution >= 0.6 is 0 Å². The molecule has 0 aliphatic carbocycles. The van der Waals surface area contributed by atoms with E-state index in [1.54, 1.807) is 17.0 Å². The molecule has 0 saturated carbocycles. The van der Waals surface area contributed by atoms with E-state index in [9.17, 15) is 9.59 Å². The molecular formula is C26H23N3O2. The molecule has 0 bridgehead atoms. The zero-order valence-corrected chi connectivity index (χ0v) is 17.7. The molecule has 1 aliphatic rings. The summed E-state index contributed by atoms with van der Waals surface area (Å²) in [6, 6.07) is 15.1. The first-order chi connectivity index (χ1) is 14.9. The summed E-state index contributed by atoms with van der Waals surface area (Å²) in [5, 5.41) is 2.68. The molecule has 2 heterocycles. The predicted molar refractivity (Wildman–Crippen MR) is 124 cm³/mol. The fourth-order valence-corrected chi connectivity index (χ4v) is 3.90. The summed E-state index contributed by atoms with van der Waals surface area (Å²) in [4.78, 5) is 31.1. The van der Waals surface area contributed by atoms with Gasteiger partial charge in [-0.25, -0.2) is 0 Å². The number of carbonyl (C=O) groups is 2. The number of fused-ring (bicyclic) bond motifs is 1. The standard InChI is InChI=1S/C26H23N3O2/c1-5-12-27-25(30)19-10-11-20-21(15-22-17(3)13-18(4)28-22)26(31)29(24(20)14-19)23-9-7-6-8-16(23)2/h1,6-11,13-15,28H,12H2,2-4H3,(H,27,30)/b21-15-. The number of nitrogens with zero attached hydrogens (tertiary/aromatic N) is 1. The molecule has 5 heteroatoms. The lowest BCUT2D eigenvalue weighted by molar-refractivity contribution is -0.112. The van der Waals surface area contributed by atoms with Crippen molar-refractivity contribution in [3.63, 3.8) is 0 Å². The first-order valence-electron chi connectivity index (χ1n) is 10.0. The van der Waals surface area contributed by atoms with Crippen molar-refractivity contribution in [3.8, 4) is 12.3 Å². The Bertz CT molecular complexity index is 1270. The van der Waals surface area contributed by atoms with Gasteiger partial charge in [-0.3, -0.25) is 14.5 Å². The number of benzene rings is 2. The molecule has 4 rings (SSSR count). The molecule has 31 heavy (non-hydrogen) atoms. The average molecular weight is 409 g/mol. The quantitative estimate of drug-likeness (QED) is 0.491. The third-order valence-corrected chi connectivity index (χ3v) is 5.41. The number of rotatable bonds is 4. The molecule has 0 spiro atoms. The van der Waals surface area contributed by atoms with Crippen LogP contribution in [0.3, 0.4) is 0 Å². The van der Waals surface area contributed by atoms with E-state index in [1.165, 1.54) is 0 Å². The number of H-pyrrole nitrogens is 1. The highest BCUT2D eigenvalue weighted by molar-refractivity contribution is 6.38. The Morgan fingerprint density at radius 1 is 1.10 bits per heavy atom. The van der Waals surface area contributed by atoms with Crippen molar-refractivity contribution >= 4 is 34.8 Å². The first-order valence-corrected chi connectivity index (χ1v) is 10.0. The SMILES string of the molecule is C#CCNC(=O)c1ccc2c(c1)N(c1ccccc1C)C(=O)/C2=C\c1[nH]c(C)cc1C. The Balaban J connectivity index is 1.88. The van der Waals surface area contributed by atoms with Crippen molar-refractivity contribution in [1.82, 2.24) is 10.3 Å². The van der Waals surface area contributed by atoms with Gasteiger partial charge in [0.2, 0.25) is 0 Å². The van der Waals surface area contributed by atoms with E-state index in [0.717, 1.165) is 33.8 Å². The van der Waals surface area contributed by atoms with Crippen LogP contribution in [-0.2, 0) is 4.79 Å². The molecule has 0 unspecified atom stereocenters. The lowest BCUT2D eigenvalue weighted by atomic mass is 10.0. The van der Waals surface area contributed by atoms with Gasteiger partial charge >= 0.3 is 0 Å². The lowest BCUT2D eigenvalue weighted by Crippen LogP contribution is -2.24. The number of para-hydroxylation sites is 1. The minimum Gasteiger partial charge on any atom is -0.359 e. The minimum absolute atomic E-state index is 0.128. The fraction of sp³-hybridized carbons (Fsp3) is 0.154. The number of aromatic nitrogens is 1. The minimum atomic E-state index is -0.272. The number of terminal acetylenes is 1. The topological polar surface area (TPSA) is 65.2 Å². The zero-order chi connectivity index (χ0) is 22.1. The second kappa shape index (κ2) is 8.00. The molecule has 0 radical (unpaired) electrons. The van der Waals surface area contributed by atoms with E-state index in [2.05, 4.69) is 16.2 Å². The number of aromatic amines is 1. The van der Waals surface area contributed by atoms with Crippen LogP contribution in [0.15, 0.2) is 48.5 Å². The lowest BCUT2D eigenvalue weighted by Gasteiger charge is -2.20. The van der Waals surface area contributed by atoms with Crippen LogP contribution in [0.1, 0.15) is 38.4 Å². The van der Waals surface area contributed by atoms with Gasteiger partial charge in [0, 0.05) is 22.5 Å². The van der Waals surface area contributed by atoms with Crippen molar-refractivity contribution in [1.29, 1.82) is 0 Å². The Kier molecular flexibility index (Phi) is 5.22. The third kappa shape index (κ3) is 3.64. The predicted octanol–water partition coefficient (Wildman–Crippen LogP) is 4.52. The van der Waals surface area contributed by atoms with Crippen LogP contribution in [-0.4, -0.2) is 23.3 Å². The van der Waals surface area contributed by atoms with Gasteiger partial charge in [0.15, 0.2) is 0 Å². The third-order valence-electron chi connectivity index (χ3n) is 5.41. The van der Waals surface area contributed by atoms with Crippen LogP contribution < -0.4 is 10.2 Å². The maximum Gasteiger partial charge on any atom is 0.263 e. The largest absolute Gasteiger partial charge is 0.359 e. The van der Waals surface area contributed by atoms with Crippen molar-refractivity contribution in [2.45, 2.75) is 20.8 Å². The Morgan fingerprint density at radius 3 is 2.55 bits per heavy atom. The second-order valence-electron chi connectivity index (χ2n) is 7.65. The van der Waals surface area contributed by atoms with Gasteiger partial charge < -0.3 is 10.3 Å². The molecule has 154 valence electrons. The van der Waals surface area contributed by atoms with E-state index in [4.69, 9.17) is 6.42 Å². The summed E-state index contributed by atoms with van der Waals surface area (Å²) >= 11 is 0. The highest BCUT2D eigenvalue weighted by Gasteiger charge is 2.35. The summed E-state index contributed by atoms with van der Waals surface area (Å²) in [6.45, 7) is 6.10. The summed E-state index contributed by atoms with van der Waals surface area (Å²) in [6.07, 6.45) is 7.14. The Morgan fingerprint density at radius 2 is 1.87 bits per heavy atom. The number of hydrogen-bond acceptors (Lipinski definition) is 2. The smallest absolute Gasteiger partial charge is 0.263 e. The number of aryl methyl sites for hydroxylation is 3. The Hall–Kier alpha value is -4.04. The van der Waals surface area contributed by atoms with Crippen LogP contribution in [0.25, 0.3) is 11.6 Å². The van der Waals surface area contributed by atoms with Crippen molar-refractivity contribution < 1.29 is 9.59 Å². The van der Waals surface area contributed by atoms with Gasteiger partial charge in [0.05, 0.1) is 23.5 Å². The summed E-state index contributed by atoms with van der Waals surface area (Å²) in [7, 11) is 0. The first kappa shape index (κ1) is 20.2. The van der Waals surface area contributed by atoms with E-state index >= 15 is 0 Å². The highest BCUT2D eigenvalue weighted by atomic mass is 16.2. The molecule has 1 aromatic heterocycles. The molecule has 3 aromatic rings. The van der Waals surface area contributed by atoms with Gasteiger partial charge in [0.25, 0.3) is 11.8 Å². The van der Waals surface area contributed by atoms with E-state index in [1.807, 2.05) is 63.2 Å². The average Bonchev–Trinajstić information content (AvgIpc) is 3.21. The van der Waals surface area contributed by atoms with Gasteiger partial charge in [-0.1, -0.05) is 30.2 Å². The summed E-state index contributed by atoms with van der Waals surface area (Å²) in [5.41, 5.74) is 7.26. The molecule has 5 nitrogen and oxygen atoms in total. The normalized spacial score (nSPS) is 13.9. The molecule has 2 amide bonds. The van der Waals surface area contributed by atoms with E-state index < -0.39 is 0 Å². The molecule has 2 N–H and O–H groups in total. The van der Waals surface area contributed by atoms with E-state index in [-0.39, 0.29) is 18.4 Å². The number of carbonyl (C=O) groups excluding carboxylic acids is 2. The van der Waals surface area contributed by atoms with Crippen LogP contribution in [0.2, 0.25) is 0 Å². The number of anilines is 2. The molecule has 0 atom stereocenters. The Labute approximate surface area is 181 Å². The van der Waals surface area contributed by atoms with Crippen LogP contribution in [0, 0.1) is 33.1 Å². The molecule has 0 saturated heterocycles. The molecule has 1 aliphatic heterocycles. The van der Waals surface area contributed by atoms with Crippen molar-refractivity contribution in [2.24, 2.45) is 0 Å².